The summed E-state index contributed by atoms with van der Waals surface area (Å²) < 4.78 is 11.4. The number of benzene rings is 2. The van der Waals surface area contributed by atoms with Crippen LogP contribution < -0.4 is 20.1 Å². The number of carbonyl (C=O) groups excluding carboxylic acids is 2. The third kappa shape index (κ3) is 4.78. The Kier molecular flexibility index (Phi) is 5.96. The lowest BCUT2D eigenvalue weighted by Crippen LogP contribution is -2.16. The fourth-order valence-electron chi connectivity index (χ4n) is 2.67. The number of hydrogen-bond donors (Lipinski definition) is 2. The highest BCUT2D eigenvalue weighted by atomic mass is 16.5. The van der Waals surface area contributed by atoms with Crippen LogP contribution in [0.2, 0.25) is 0 Å². The van der Waals surface area contributed by atoms with Crippen molar-refractivity contribution in [1.29, 1.82) is 0 Å². The van der Waals surface area contributed by atoms with Crippen molar-refractivity contribution < 1.29 is 19.1 Å². The van der Waals surface area contributed by atoms with Gasteiger partial charge in [0.15, 0.2) is 0 Å². The lowest BCUT2D eigenvalue weighted by Gasteiger charge is -2.18. The predicted octanol–water partition coefficient (Wildman–Crippen LogP) is 4.08. The van der Waals surface area contributed by atoms with Crippen LogP contribution in [0.15, 0.2) is 42.5 Å². The molecule has 1 fully saturated rings. The standard InChI is InChI=1S/C21H24N2O4/c1-3-26-18-13-17(23-21(25)15-10-11-15)19(27-4-2)12-16(18)22-20(24)14-8-6-5-7-9-14/h5-9,12-13,15H,3-4,10-11H2,1-2H3,(H,22,24)(H,23,25). The molecule has 0 heterocycles. The van der Waals surface area contributed by atoms with Crippen molar-refractivity contribution >= 4 is 23.2 Å². The molecule has 3 rings (SSSR count). The fraction of sp³-hybridized carbons (Fsp3) is 0.333. The molecule has 6 nitrogen and oxygen atoms in total. The smallest absolute Gasteiger partial charge is 0.255 e. The van der Waals surface area contributed by atoms with Crippen LogP contribution in [0.1, 0.15) is 37.0 Å². The lowest BCUT2D eigenvalue weighted by molar-refractivity contribution is -0.117. The second kappa shape index (κ2) is 8.58. The average molecular weight is 368 g/mol. The quantitative estimate of drug-likeness (QED) is 0.736. The number of amides is 2. The van der Waals surface area contributed by atoms with Crippen LogP contribution in [0.25, 0.3) is 0 Å². The minimum Gasteiger partial charge on any atom is -0.492 e. The zero-order chi connectivity index (χ0) is 19.2. The molecule has 1 saturated carbocycles. The Morgan fingerprint density at radius 2 is 1.48 bits per heavy atom. The predicted molar refractivity (Wildman–Crippen MR) is 105 cm³/mol. The van der Waals surface area contributed by atoms with Crippen molar-refractivity contribution in [3.8, 4) is 11.5 Å². The van der Waals surface area contributed by atoms with Crippen LogP contribution in [-0.4, -0.2) is 25.0 Å². The Labute approximate surface area is 158 Å². The number of nitrogens with one attached hydrogen (secondary N) is 2. The van der Waals surface area contributed by atoms with Crippen LogP contribution in [0.5, 0.6) is 11.5 Å². The number of carbonyl (C=O) groups is 2. The van der Waals surface area contributed by atoms with E-state index in [0.29, 0.717) is 41.7 Å². The number of rotatable bonds is 8. The zero-order valence-electron chi connectivity index (χ0n) is 15.6. The third-order valence-electron chi connectivity index (χ3n) is 4.17. The number of ether oxygens (including phenoxy) is 2. The van der Waals surface area contributed by atoms with E-state index in [0.717, 1.165) is 12.8 Å². The molecule has 142 valence electrons. The van der Waals surface area contributed by atoms with E-state index in [2.05, 4.69) is 10.6 Å². The summed E-state index contributed by atoms with van der Waals surface area (Å²) in [5, 5.41) is 5.78. The topological polar surface area (TPSA) is 76.7 Å². The van der Waals surface area contributed by atoms with Gasteiger partial charge in [-0.2, -0.15) is 0 Å². The van der Waals surface area contributed by atoms with Gasteiger partial charge in [-0.15, -0.1) is 0 Å². The van der Waals surface area contributed by atoms with E-state index in [-0.39, 0.29) is 17.7 Å². The van der Waals surface area contributed by atoms with E-state index in [4.69, 9.17) is 9.47 Å². The number of anilines is 2. The first-order valence-electron chi connectivity index (χ1n) is 9.23. The summed E-state index contributed by atoms with van der Waals surface area (Å²) in [5.74, 6) is 0.801. The summed E-state index contributed by atoms with van der Waals surface area (Å²) >= 11 is 0. The van der Waals surface area contributed by atoms with Gasteiger partial charge >= 0.3 is 0 Å². The lowest BCUT2D eigenvalue weighted by atomic mass is 10.2. The molecule has 0 atom stereocenters. The Hall–Kier alpha value is -3.02. The Balaban J connectivity index is 1.90. The van der Waals surface area contributed by atoms with Crippen LogP contribution in [0.4, 0.5) is 11.4 Å². The molecule has 6 heteroatoms. The highest BCUT2D eigenvalue weighted by Gasteiger charge is 2.30. The molecular weight excluding hydrogens is 344 g/mol. The number of hydrogen-bond acceptors (Lipinski definition) is 4. The highest BCUT2D eigenvalue weighted by molar-refractivity contribution is 6.05. The molecule has 0 radical (unpaired) electrons. The molecule has 2 amide bonds. The molecule has 2 aromatic carbocycles. The monoisotopic (exact) mass is 368 g/mol. The maximum absolute atomic E-state index is 12.5. The Morgan fingerprint density at radius 3 is 2.00 bits per heavy atom. The first-order chi connectivity index (χ1) is 13.1. The Bertz CT molecular complexity index is 816. The zero-order valence-corrected chi connectivity index (χ0v) is 15.6. The molecule has 2 aromatic rings. The molecule has 2 N–H and O–H groups in total. The van der Waals surface area contributed by atoms with Gasteiger partial charge in [0.25, 0.3) is 5.91 Å². The normalized spacial score (nSPS) is 13.0. The molecule has 1 aliphatic rings. The summed E-state index contributed by atoms with van der Waals surface area (Å²) in [4.78, 5) is 24.7. The van der Waals surface area contributed by atoms with Gasteiger partial charge in [-0.3, -0.25) is 9.59 Å². The summed E-state index contributed by atoms with van der Waals surface area (Å²) in [7, 11) is 0. The van der Waals surface area contributed by atoms with Crippen molar-refractivity contribution in [2.24, 2.45) is 5.92 Å². The van der Waals surface area contributed by atoms with Gasteiger partial charge < -0.3 is 20.1 Å². The van der Waals surface area contributed by atoms with E-state index in [1.54, 1.807) is 36.4 Å². The SMILES string of the molecule is CCOc1cc(NC(=O)C2CC2)c(OCC)cc1NC(=O)c1ccccc1. The van der Waals surface area contributed by atoms with Gasteiger partial charge in [0.2, 0.25) is 5.91 Å². The molecule has 27 heavy (non-hydrogen) atoms. The van der Waals surface area contributed by atoms with E-state index >= 15 is 0 Å². The first-order valence-corrected chi connectivity index (χ1v) is 9.23. The largest absolute Gasteiger partial charge is 0.492 e. The van der Waals surface area contributed by atoms with Crippen molar-refractivity contribution in [3.05, 3.63) is 48.0 Å². The van der Waals surface area contributed by atoms with Crippen molar-refractivity contribution in [1.82, 2.24) is 0 Å². The maximum Gasteiger partial charge on any atom is 0.255 e. The van der Waals surface area contributed by atoms with Gasteiger partial charge in [0, 0.05) is 23.6 Å². The summed E-state index contributed by atoms with van der Waals surface area (Å²) in [6, 6.07) is 12.3. The van der Waals surface area contributed by atoms with Crippen molar-refractivity contribution in [2.45, 2.75) is 26.7 Å². The van der Waals surface area contributed by atoms with E-state index < -0.39 is 0 Å². The van der Waals surface area contributed by atoms with Gasteiger partial charge in [-0.1, -0.05) is 18.2 Å². The molecule has 0 aromatic heterocycles. The summed E-state index contributed by atoms with van der Waals surface area (Å²) in [6.07, 6.45) is 1.83. The molecule has 1 aliphatic carbocycles. The maximum atomic E-state index is 12.5. The molecule has 0 saturated heterocycles. The average Bonchev–Trinajstić information content (AvgIpc) is 3.51. The van der Waals surface area contributed by atoms with Gasteiger partial charge in [-0.25, -0.2) is 0 Å². The summed E-state index contributed by atoms with van der Waals surface area (Å²) in [6.45, 7) is 4.59. The molecule has 0 unspecified atom stereocenters. The van der Waals surface area contributed by atoms with Crippen molar-refractivity contribution in [2.75, 3.05) is 23.8 Å². The summed E-state index contributed by atoms with van der Waals surface area (Å²) in [5.41, 5.74) is 1.59. The molecule has 0 spiro atoms. The van der Waals surface area contributed by atoms with Crippen LogP contribution >= 0.6 is 0 Å². The first kappa shape index (κ1) is 18.8. The second-order valence-corrected chi connectivity index (χ2v) is 6.29. The van der Waals surface area contributed by atoms with Crippen LogP contribution in [0.3, 0.4) is 0 Å². The highest BCUT2D eigenvalue weighted by Crippen LogP contribution is 2.38. The minimum atomic E-state index is -0.242. The van der Waals surface area contributed by atoms with Crippen LogP contribution in [-0.2, 0) is 4.79 Å². The minimum absolute atomic E-state index is 0.0144. The van der Waals surface area contributed by atoms with Crippen molar-refractivity contribution in [3.63, 3.8) is 0 Å². The molecular formula is C21H24N2O4. The van der Waals surface area contributed by atoms with Crippen LogP contribution in [0, 0.1) is 5.92 Å². The molecule has 0 aliphatic heterocycles. The van der Waals surface area contributed by atoms with E-state index in [9.17, 15) is 9.59 Å². The Morgan fingerprint density at radius 1 is 0.926 bits per heavy atom. The van der Waals surface area contributed by atoms with Gasteiger partial charge in [0.1, 0.15) is 11.5 Å². The third-order valence-corrected chi connectivity index (χ3v) is 4.17. The van der Waals surface area contributed by atoms with Gasteiger partial charge in [0.05, 0.1) is 24.6 Å². The van der Waals surface area contributed by atoms with Gasteiger partial charge in [-0.05, 0) is 38.8 Å². The van der Waals surface area contributed by atoms with E-state index in [1.165, 1.54) is 0 Å². The fourth-order valence-corrected chi connectivity index (χ4v) is 2.67. The van der Waals surface area contributed by atoms with E-state index in [1.807, 2.05) is 19.9 Å². The molecule has 0 bridgehead atoms. The second-order valence-electron chi connectivity index (χ2n) is 6.29.